The highest BCUT2D eigenvalue weighted by Crippen LogP contribution is 2.30. The van der Waals surface area contributed by atoms with Crippen molar-refractivity contribution >= 4 is 23.2 Å². The van der Waals surface area contributed by atoms with Gasteiger partial charge in [0.1, 0.15) is 5.69 Å². The van der Waals surface area contributed by atoms with Crippen molar-refractivity contribution in [3.05, 3.63) is 11.4 Å². The lowest BCUT2D eigenvalue weighted by Gasteiger charge is -2.12. The number of rotatable bonds is 3. The van der Waals surface area contributed by atoms with Gasteiger partial charge in [-0.25, -0.2) is 4.68 Å². The van der Waals surface area contributed by atoms with Crippen LogP contribution in [0.1, 0.15) is 36.7 Å². The second kappa shape index (κ2) is 4.68. The van der Waals surface area contributed by atoms with Gasteiger partial charge in [-0.05, 0) is 19.3 Å². The summed E-state index contributed by atoms with van der Waals surface area (Å²) in [5.41, 5.74) is 7.59. The number of hydrogen-bond donors (Lipinski definition) is 1. The minimum absolute atomic E-state index is 0.279. The smallest absolute Gasteiger partial charge is 0.102 e. The van der Waals surface area contributed by atoms with Crippen LogP contribution in [0.5, 0.6) is 0 Å². The summed E-state index contributed by atoms with van der Waals surface area (Å²) >= 11 is 11.6. The summed E-state index contributed by atoms with van der Waals surface area (Å²) in [5, 5.41) is 8.15. The highest BCUT2D eigenvalue weighted by Gasteiger charge is 2.26. The van der Waals surface area contributed by atoms with E-state index in [1.807, 2.05) is 4.68 Å². The Morgan fingerprint density at radius 1 is 1.33 bits per heavy atom. The minimum atomic E-state index is 0.279. The summed E-state index contributed by atoms with van der Waals surface area (Å²) in [6, 6.07) is 0.625. The SMILES string of the molecule is N[C@H]1CC[C@@H](n2nnc(CCl)c2CCl)C1. The number of halogens is 2. The van der Waals surface area contributed by atoms with Gasteiger partial charge in [0.15, 0.2) is 0 Å². The van der Waals surface area contributed by atoms with Crippen molar-refractivity contribution in [2.75, 3.05) is 0 Å². The zero-order chi connectivity index (χ0) is 10.8. The van der Waals surface area contributed by atoms with Crippen molar-refractivity contribution < 1.29 is 0 Å². The van der Waals surface area contributed by atoms with Gasteiger partial charge in [0.2, 0.25) is 0 Å². The molecule has 0 aliphatic heterocycles. The number of nitrogens with zero attached hydrogens (tertiary/aromatic N) is 3. The molecule has 84 valence electrons. The predicted octanol–water partition coefficient (Wildman–Crippen LogP) is 1.81. The molecule has 0 amide bonds. The Bertz CT molecular complexity index is 339. The van der Waals surface area contributed by atoms with Crippen LogP contribution in [0.25, 0.3) is 0 Å². The maximum Gasteiger partial charge on any atom is 0.102 e. The molecule has 0 saturated heterocycles. The van der Waals surface area contributed by atoms with Gasteiger partial charge in [0, 0.05) is 6.04 Å². The number of aromatic nitrogens is 3. The maximum absolute atomic E-state index is 5.88. The van der Waals surface area contributed by atoms with Crippen LogP contribution in [0, 0.1) is 0 Å². The summed E-state index contributed by atoms with van der Waals surface area (Å²) in [5.74, 6) is 0.765. The van der Waals surface area contributed by atoms with Gasteiger partial charge in [-0.2, -0.15) is 0 Å². The molecular weight excluding hydrogens is 235 g/mol. The molecule has 0 bridgehead atoms. The van der Waals surface area contributed by atoms with Gasteiger partial charge in [0.25, 0.3) is 0 Å². The van der Waals surface area contributed by atoms with E-state index in [1.54, 1.807) is 0 Å². The van der Waals surface area contributed by atoms with Crippen molar-refractivity contribution in [3.8, 4) is 0 Å². The van der Waals surface area contributed by atoms with E-state index in [-0.39, 0.29) is 6.04 Å². The summed E-state index contributed by atoms with van der Waals surface area (Å²) in [6.07, 6.45) is 3.05. The lowest BCUT2D eigenvalue weighted by molar-refractivity contribution is 0.438. The number of alkyl halides is 2. The second-order valence-electron chi connectivity index (χ2n) is 3.92. The Hall–Kier alpha value is -0.320. The minimum Gasteiger partial charge on any atom is -0.328 e. The first-order chi connectivity index (χ1) is 7.26. The molecular formula is C9H14Cl2N4. The first-order valence-corrected chi connectivity index (χ1v) is 6.13. The third-order valence-electron chi connectivity index (χ3n) is 2.92. The standard InChI is InChI=1S/C9H14Cl2N4/c10-4-8-9(5-11)15(14-13-8)7-2-1-6(12)3-7/h6-7H,1-5,12H2/t6-,7+/m0/s1. The van der Waals surface area contributed by atoms with Crippen molar-refractivity contribution in [1.82, 2.24) is 15.0 Å². The molecule has 1 saturated carbocycles. The number of hydrogen-bond acceptors (Lipinski definition) is 3. The Morgan fingerprint density at radius 3 is 2.67 bits per heavy atom. The van der Waals surface area contributed by atoms with Crippen LogP contribution in [0.15, 0.2) is 0 Å². The molecule has 1 aromatic heterocycles. The second-order valence-corrected chi connectivity index (χ2v) is 4.46. The Morgan fingerprint density at radius 2 is 2.13 bits per heavy atom. The Labute approximate surface area is 98.7 Å². The lowest BCUT2D eigenvalue weighted by atomic mass is 10.2. The molecule has 0 aromatic carbocycles. The van der Waals surface area contributed by atoms with Crippen molar-refractivity contribution in [3.63, 3.8) is 0 Å². The normalized spacial score (nSPS) is 26.1. The molecule has 2 N–H and O–H groups in total. The fraction of sp³-hybridized carbons (Fsp3) is 0.778. The fourth-order valence-electron chi connectivity index (χ4n) is 2.10. The van der Waals surface area contributed by atoms with E-state index in [9.17, 15) is 0 Å². The topological polar surface area (TPSA) is 56.7 Å². The van der Waals surface area contributed by atoms with Crippen LogP contribution < -0.4 is 5.73 Å². The number of nitrogens with two attached hydrogens (primary N) is 1. The average molecular weight is 249 g/mol. The average Bonchev–Trinajstić information content (AvgIpc) is 2.82. The van der Waals surface area contributed by atoms with E-state index in [2.05, 4.69) is 10.3 Å². The van der Waals surface area contributed by atoms with Gasteiger partial charge < -0.3 is 5.73 Å². The molecule has 1 aromatic rings. The van der Waals surface area contributed by atoms with E-state index in [0.29, 0.717) is 17.8 Å². The van der Waals surface area contributed by atoms with Crippen LogP contribution in [0.3, 0.4) is 0 Å². The van der Waals surface area contributed by atoms with Crippen LogP contribution >= 0.6 is 23.2 Å². The third-order valence-corrected chi connectivity index (χ3v) is 3.42. The molecule has 2 atom stereocenters. The van der Waals surface area contributed by atoms with E-state index in [4.69, 9.17) is 28.9 Å². The van der Waals surface area contributed by atoms with Crippen LogP contribution in [0.2, 0.25) is 0 Å². The van der Waals surface area contributed by atoms with E-state index >= 15 is 0 Å². The summed E-state index contributed by atoms with van der Waals surface area (Å²) in [4.78, 5) is 0. The fourth-order valence-corrected chi connectivity index (χ4v) is 2.58. The molecule has 1 aliphatic carbocycles. The van der Waals surface area contributed by atoms with Crippen molar-refractivity contribution in [2.45, 2.75) is 43.1 Å². The van der Waals surface area contributed by atoms with E-state index in [1.165, 1.54) is 0 Å². The highest BCUT2D eigenvalue weighted by atomic mass is 35.5. The lowest BCUT2D eigenvalue weighted by Crippen LogP contribution is -2.17. The van der Waals surface area contributed by atoms with Crippen molar-refractivity contribution in [1.29, 1.82) is 0 Å². The van der Waals surface area contributed by atoms with Crippen LogP contribution in [-0.2, 0) is 11.8 Å². The Balaban J connectivity index is 2.24. The van der Waals surface area contributed by atoms with E-state index in [0.717, 1.165) is 30.7 Å². The maximum atomic E-state index is 5.88. The molecule has 1 heterocycles. The van der Waals surface area contributed by atoms with Gasteiger partial charge >= 0.3 is 0 Å². The predicted molar refractivity (Wildman–Crippen MR) is 60.0 cm³/mol. The molecule has 2 rings (SSSR count). The van der Waals surface area contributed by atoms with Gasteiger partial charge in [-0.1, -0.05) is 5.21 Å². The largest absolute Gasteiger partial charge is 0.328 e. The first kappa shape index (κ1) is 11.2. The van der Waals surface area contributed by atoms with Crippen LogP contribution in [-0.4, -0.2) is 21.0 Å². The molecule has 0 radical (unpaired) electrons. The summed E-state index contributed by atoms with van der Waals surface area (Å²) in [6.45, 7) is 0. The highest BCUT2D eigenvalue weighted by molar-refractivity contribution is 6.18. The van der Waals surface area contributed by atoms with Crippen molar-refractivity contribution in [2.24, 2.45) is 5.73 Å². The third kappa shape index (κ3) is 2.12. The van der Waals surface area contributed by atoms with Crippen LogP contribution in [0.4, 0.5) is 0 Å². The quantitative estimate of drug-likeness (QED) is 0.831. The zero-order valence-electron chi connectivity index (χ0n) is 8.37. The monoisotopic (exact) mass is 248 g/mol. The molecule has 1 fully saturated rings. The summed E-state index contributed by atoms with van der Waals surface area (Å²) < 4.78 is 1.90. The molecule has 4 nitrogen and oxygen atoms in total. The van der Waals surface area contributed by atoms with E-state index < -0.39 is 0 Å². The molecule has 0 spiro atoms. The molecule has 15 heavy (non-hydrogen) atoms. The van der Waals surface area contributed by atoms with Gasteiger partial charge in [-0.3, -0.25) is 0 Å². The first-order valence-electron chi connectivity index (χ1n) is 5.06. The Kier molecular flexibility index (Phi) is 3.49. The molecule has 6 heteroatoms. The molecule has 1 aliphatic rings. The zero-order valence-corrected chi connectivity index (χ0v) is 9.88. The van der Waals surface area contributed by atoms with Gasteiger partial charge in [-0.15, -0.1) is 28.3 Å². The molecule has 0 unspecified atom stereocenters. The van der Waals surface area contributed by atoms with Gasteiger partial charge in [0.05, 0.1) is 23.5 Å². The summed E-state index contributed by atoms with van der Waals surface area (Å²) in [7, 11) is 0.